The van der Waals surface area contributed by atoms with Gasteiger partial charge in [0.15, 0.2) is 0 Å². The SMILES string of the molecule is Cc1nnc(-c2ccc(C=NN)cc2)o1. The van der Waals surface area contributed by atoms with E-state index >= 15 is 0 Å². The molecule has 5 heteroatoms. The Bertz CT molecular complexity index is 472. The Morgan fingerprint density at radius 1 is 1.27 bits per heavy atom. The van der Waals surface area contributed by atoms with Crippen LogP contribution >= 0.6 is 0 Å². The fourth-order valence-corrected chi connectivity index (χ4v) is 1.21. The summed E-state index contributed by atoms with van der Waals surface area (Å²) in [5.74, 6) is 6.11. The molecule has 0 unspecified atom stereocenters. The second kappa shape index (κ2) is 3.91. The molecule has 0 amide bonds. The van der Waals surface area contributed by atoms with Crippen LogP contribution in [0.15, 0.2) is 33.8 Å². The summed E-state index contributed by atoms with van der Waals surface area (Å²) in [7, 11) is 0. The van der Waals surface area contributed by atoms with Crippen molar-refractivity contribution in [2.24, 2.45) is 10.9 Å². The second-order valence-corrected chi connectivity index (χ2v) is 3.03. The van der Waals surface area contributed by atoms with Gasteiger partial charge in [0.2, 0.25) is 11.8 Å². The van der Waals surface area contributed by atoms with Gasteiger partial charge >= 0.3 is 0 Å². The van der Waals surface area contributed by atoms with Gasteiger partial charge in [-0.1, -0.05) is 12.1 Å². The Morgan fingerprint density at radius 2 is 2.00 bits per heavy atom. The van der Waals surface area contributed by atoms with Crippen molar-refractivity contribution < 1.29 is 4.42 Å². The summed E-state index contributed by atoms with van der Waals surface area (Å²) in [6.45, 7) is 1.76. The Morgan fingerprint density at radius 3 is 2.53 bits per heavy atom. The molecule has 2 N–H and O–H groups in total. The third-order valence-corrected chi connectivity index (χ3v) is 1.91. The molecule has 1 aromatic carbocycles. The molecule has 1 aromatic heterocycles. The Hall–Kier alpha value is -2.17. The van der Waals surface area contributed by atoms with Crippen molar-refractivity contribution in [2.45, 2.75) is 6.92 Å². The normalized spacial score (nSPS) is 11.0. The van der Waals surface area contributed by atoms with Crippen LogP contribution in [0, 0.1) is 6.92 Å². The van der Waals surface area contributed by atoms with E-state index in [0.717, 1.165) is 11.1 Å². The van der Waals surface area contributed by atoms with Crippen LogP contribution in [0.25, 0.3) is 11.5 Å². The highest BCUT2D eigenvalue weighted by molar-refractivity contribution is 5.80. The Kier molecular flexibility index (Phi) is 2.45. The van der Waals surface area contributed by atoms with E-state index in [4.69, 9.17) is 10.3 Å². The third kappa shape index (κ3) is 2.01. The van der Waals surface area contributed by atoms with E-state index in [1.54, 1.807) is 13.1 Å². The fourth-order valence-electron chi connectivity index (χ4n) is 1.21. The van der Waals surface area contributed by atoms with Gasteiger partial charge in [-0.3, -0.25) is 0 Å². The zero-order chi connectivity index (χ0) is 10.7. The van der Waals surface area contributed by atoms with Gasteiger partial charge in [-0.05, 0) is 17.7 Å². The van der Waals surface area contributed by atoms with Crippen molar-refractivity contribution in [3.8, 4) is 11.5 Å². The molecular formula is C10H10N4O. The summed E-state index contributed by atoms with van der Waals surface area (Å²) < 4.78 is 5.29. The summed E-state index contributed by atoms with van der Waals surface area (Å²) in [5.41, 5.74) is 1.81. The molecule has 2 aromatic rings. The molecule has 1 heterocycles. The molecule has 0 aliphatic carbocycles. The van der Waals surface area contributed by atoms with Crippen LogP contribution in [0.4, 0.5) is 0 Å². The molecule has 0 spiro atoms. The number of nitrogens with two attached hydrogens (primary N) is 1. The van der Waals surface area contributed by atoms with E-state index in [9.17, 15) is 0 Å². The highest BCUT2D eigenvalue weighted by Crippen LogP contribution is 2.17. The molecule has 0 saturated heterocycles. The van der Waals surface area contributed by atoms with Crippen LogP contribution in [-0.4, -0.2) is 16.4 Å². The number of hydrogen-bond acceptors (Lipinski definition) is 5. The fraction of sp³-hybridized carbons (Fsp3) is 0.100. The van der Waals surface area contributed by atoms with E-state index in [1.165, 1.54) is 0 Å². The molecule has 0 aliphatic rings. The smallest absolute Gasteiger partial charge is 0.247 e. The van der Waals surface area contributed by atoms with Gasteiger partial charge in [-0.2, -0.15) is 5.10 Å². The van der Waals surface area contributed by atoms with Crippen molar-refractivity contribution in [3.63, 3.8) is 0 Å². The van der Waals surface area contributed by atoms with Crippen LogP contribution in [0.2, 0.25) is 0 Å². The molecule has 0 aliphatic heterocycles. The minimum absolute atomic E-state index is 0.517. The number of benzene rings is 1. The van der Waals surface area contributed by atoms with E-state index in [0.29, 0.717) is 11.8 Å². The van der Waals surface area contributed by atoms with Gasteiger partial charge in [0.25, 0.3) is 0 Å². The summed E-state index contributed by atoms with van der Waals surface area (Å²) in [6, 6.07) is 7.52. The number of hydrazone groups is 1. The zero-order valence-electron chi connectivity index (χ0n) is 8.21. The summed E-state index contributed by atoms with van der Waals surface area (Å²) in [6.07, 6.45) is 1.57. The standard InChI is InChI=1S/C10H10N4O/c1-7-13-14-10(15-7)9-4-2-8(3-5-9)6-12-11/h2-6H,11H2,1H3. The average Bonchev–Trinajstić information content (AvgIpc) is 2.67. The zero-order valence-corrected chi connectivity index (χ0v) is 8.21. The summed E-state index contributed by atoms with van der Waals surface area (Å²) >= 11 is 0. The predicted octanol–water partition coefficient (Wildman–Crippen LogP) is 1.34. The molecule has 0 atom stereocenters. The maximum atomic E-state index is 5.29. The lowest BCUT2D eigenvalue weighted by Gasteiger charge is -1.95. The number of aromatic nitrogens is 2. The maximum absolute atomic E-state index is 5.29. The monoisotopic (exact) mass is 202 g/mol. The second-order valence-electron chi connectivity index (χ2n) is 3.03. The van der Waals surface area contributed by atoms with E-state index in [2.05, 4.69) is 15.3 Å². The Labute approximate surface area is 86.6 Å². The van der Waals surface area contributed by atoms with Crippen LogP contribution < -0.4 is 5.84 Å². The largest absolute Gasteiger partial charge is 0.421 e. The molecular weight excluding hydrogens is 192 g/mol. The predicted molar refractivity (Wildman–Crippen MR) is 56.3 cm³/mol. The molecule has 5 nitrogen and oxygen atoms in total. The van der Waals surface area contributed by atoms with E-state index in [-0.39, 0.29) is 0 Å². The average molecular weight is 202 g/mol. The minimum atomic E-state index is 0.517. The lowest BCUT2D eigenvalue weighted by Crippen LogP contribution is -1.86. The first-order chi connectivity index (χ1) is 7.29. The number of rotatable bonds is 2. The van der Waals surface area contributed by atoms with E-state index < -0.39 is 0 Å². The minimum Gasteiger partial charge on any atom is -0.421 e. The van der Waals surface area contributed by atoms with Crippen LogP contribution in [0.3, 0.4) is 0 Å². The van der Waals surface area contributed by atoms with Gasteiger partial charge in [-0.15, -0.1) is 10.2 Å². The third-order valence-electron chi connectivity index (χ3n) is 1.91. The molecule has 0 saturated carbocycles. The topological polar surface area (TPSA) is 77.3 Å². The molecule has 2 rings (SSSR count). The summed E-state index contributed by atoms with van der Waals surface area (Å²) in [4.78, 5) is 0. The lowest BCUT2D eigenvalue weighted by molar-refractivity contribution is 0.533. The molecule has 0 radical (unpaired) electrons. The number of hydrogen-bond donors (Lipinski definition) is 1. The molecule has 0 fully saturated rings. The lowest BCUT2D eigenvalue weighted by atomic mass is 10.1. The van der Waals surface area contributed by atoms with Crippen LogP contribution in [0.1, 0.15) is 11.5 Å². The highest BCUT2D eigenvalue weighted by atomic mass is 16.4. The first kappa shape index (κ1) is 9.39. The number of nitrogens with zero attached hydrogens (tertiary/aromatic N) is 3. The van der Waals surface area contributed by atoms with Gasteiger partial charge in [0.1, 0.15) is 0 Å². The van der Waals surface area contributed by atoms with Crippen LogP contribution in [0.5, 0.6) is 0 Å². The number of aryl methyl sites for hydroxylation is 1. The van der Waals surface area contributed by atoms with Gasteiger partial charge in [0.05, 0.1) is 6.21 Å². The quantitative estimate of drug-likeness (QED) is 0.453. The van der Waals surface area contributed by atoms with Crippen molar-refractivity contribution >= 4 is 6.21 Å². The Balaban J connectivity index is 2.31. The van der Waals surface area contributed by atoms with Gasteiger partial charge in [0, 0.05) is 12.5 Å². The van der Waals surface area contributed by atoms with Gasteiger partial charge < -0.3 is 10.3 Å². The molecule has 76 valence electrons. The van der Waals surface area contributed by atoms with Crippen LogP contribution in [-0.2, 0) is 0 Å². The van der Waals surface area contributed by atoms with Gasteiger partial charge in [-0.25, -0.2) is 0 Å². The van der Waals surface area contributed by atoms with Crippen molar-refractivity contribution in [3.05, 3.63) is 35.7 Å². The van der Waals surface area contributed by atoms with Crippen molar-refractivity contribution in [1.29, 1.82) is 0 Å². The van der Waals surface area contributed by atoms with Crippen molar-refractivity contribution in [2.75, 3.05) is 0 Å². The molecule has 0 bridgehead atoms. The maximum Gasteiger partial charge on any atom is 0.247 e. The van der Waals surface area contributed by atoms with E-state index in [1.807, 2.05) is 24.3 Å². The first-order valence-corrected chi connectivity index (χ1v) is 4.43. The molecule has 15 heavy (non-hydrogen) atoms. The van der Waals surface area contributed by atoms with Crippen molar-refractivity contribution in [1.82, 2.24) is 10.2 Å². The first-order valence-electron chi connectivity index (χ1n) is 4.43. The summed E-state index contributed by atoms with van der Waals surface area (Å²) in [5, 5.41) is 11.1. The highest BCUT2D eigenvalue weighted by Gasteiger charge is 2.04.